The lowest BCUT2D eigenvalue weighted by molar-refractivity contribution is 0.0952. The first-order valence-corrected chi connectivity index (χ1v) is 11.6. The second-order valence-electron chi connectivity index (χ2n) is 7.06. The van der Waals surface area contributed by atoms with Crippen LogP contribution in [0.1, 0.15) is 10.4 Å². The fraction of sp³-hybridized carbons (Fsp3) is 0.0833. The first-order chi connectivity index (χ1) is 15.0. The molecule has 0 saturated carbocycles. The summed E-state index contributed by atoms with van der Waals surface area (Å²) >= 11 is 0. The highest BCUT2D eigenvalue weighted by Crippen LogP contribution is 2.42. The van der Waals surface area contributed by atoms with Gasteiger partial charge in [-0.2, -0.15) is 0 Å². The van der Waals surface area contributed by atoms with Crippen molar-refractivity contribution in [1.82, 2.24) is 5.32 Å². The van der Waals surface area contributed by atoms with E-state index >= 15 is 0 Å². The van der Waals surface area contributed by atoms with Crippen LogP contribution in [0.5, 0.6) is 5.75 Å². The molecule has 0 aliphatic rings. The third kappa shape index (κ3) is 4.30. The van der Waals surface area contributed by atoms with E-state index in [2.05, 4.69) is 5.32 Å². The third-order valence-electron chi connectivity index (χ3n) is 5.02. The van der Waals surface area contributed by atoms with Gasteiger partial charge < -0.3 is 19.4 Å². The van der Waals surface area contributed by atoms with Crippen molar-refractivity contribution in [1.29, 1.82) is 0 Å². The molecule has 0 bridgehead atoms. The van der Waals surface area contributed by atoms with Crippen molar-refractivity contribution in [3.63, 3.8) is 0 Å². The van der Waals surface area contributed by atoms with Crippen LogP contribution in [0.4, 0.5) is 0 Å². The normalized spacial score (nSPS) is 11.4. The van der Waals surface area contributed by atoms with Crippen molar-refractivity contribution in [2.24, 2.45) is 0 Å². The van der Waals surface area contributed by atoms with E-state index in [1.165, 1.54) is 18.2 Å². The number of phenols is 1. The molecule has 156 valence electrons. The molecule has 0 atom stereocenters. The number of fused-ring (bicyclic) bond motifs is 1. The summed E-state index contributed by atoms with van der Waals surface area (Å²) in [4.78, 5) is 24.8. The number of rotatable bonds is 6. The summed E-state index contributed by atoms with van der Waals surface area (Å²) < 4.78 is 19.1. The summed E-state index contributed by atoms with van der Waals surface area (Å²) in [7, 11) is -2.97. The number of hydrogen-bond donors (Lipinski definition) is 2. The molecule has 0 aliphatic carbocycles. The Kier molecular flexibility index (Phi) is 5.74. The molecule has 4 rings (SSSR count). The van der Waals surface area contributed by atoms with Gasteiger partial charge in [0.25, 0.3) is 5.91 Å². The summed E-state index contributed by atoms with van der Waals surface area (Å²) in [6.45, 7) is 0.118. The van der Waals surface area contributed by atoms with Crippen molar-refractivity contribution >= 4 is 34.6 Å². The molecule has 0 fully saturated rings. The van der Waals surface area contributed by atoms with E-state index < -0.39 is 18.7 Å². The minimum Gasteiger partial charge on any atom is -0.508 e. The van der Waals surface area contributed by atoms with Gasteiger partial charge in [-0.05, 0) is 18.2 Å². The monoisotopic (exact) mass is 433 g/mol. The molecule has 2 N–H and O–H groups in total. The Morgan fingerprint density at radius 2 is 1.52 bits per heavy atom. The van der Waals surface area contributed by atoms with Gasteiger partial charge in [0.15, 0.2) is 0 Å². The molecule has 6 nitrogen and oxygen atoms in total. The molecule has 3 aromatic carbocycles. The molecule has 0 spiro atoms. The Morgan fingerprint density at radius 3 is 2.13 bits per heavy atom. The molecule has 31 heavy (non-hydrogen) atoms. The highest BCUT2D eigenvalue weighted by Gasteiger charge is 2.27. The van der Waals surface area contributed by atoms with Crippen molar-refractivity contribution in [3.8, 4) is 5.75 Å². The lowest BCUT2D eigenvalue weighted by Gasteiger charge is -2.19. The molecule has 0 radical (unpaired) electrons. The predicted octanol–water partition coefficient (Wildman–Crippen LogP) is 3.24. The van der Waals surface area contributed by atoms with Gasteiger partial charge in [0.05, 0.1) is 0 Å². The van der Waals surface area contributed by atoms with Crippen molar-refractivity contribution < 1.29 is 18.9 Å². The number of amides is 1. The zero-order valence-corrected chi connectivity index (χ0v) is 17.4. The van der Waals surface area contributed by atoms with Gasteiger partial charge in [-0.25, -0.2) is 4.79 Å². The second-order valence-corrected chi connectivity index (χ2v) is 10.0. The number of carbonyl (C=O) groups excluding carboxylic acids is 1. The van der Waals surface area contributed by atoms with Crippen LogP contribution in [-0.2, 0) is 4.57 Å². The van der Waals surface area contributed by atoms with Gasteiger partial charge in [0, 0.05) is 34.8 Å². The standard InChI is InChI=1S/C24H20NO5P/c26-18-12-11-17-15-21(24(28)30-22(17)16-18)23(27)25-13-14-31(29,19-7-3-1-4-8-19)20-9-5-2-6-10-20/h1-12,15-16,26H,13-14H2,(H,25,27). The summed E-state index contributed by atoms with van der Waals surface area (Å²) in [6.07, 6.45) is 0.208. The van der Waals surface area contributed by atoms with Gasteiger partial charge in [0.1, 0.15) is 24.0 Å². The molecule has 1 amide bonds. The molecule has 7 heteroatoms. The second kappa shape index (κ2) is 8.62. The molecule has 1 aromatic heterocycles. The molecule has 4 aromatic rings. The molecule has 0 unspecified atom stereocenters. The smallest absolute Gasteiger partial charge is 0.349 e. The van der Waals surface area contributed by atoms with Crippen LogP contribution in [0.15, 0.2) is 94.1 Å². The Hall–Kier alpha value is -3.63. The lowest BCUT2D eigenvalue weighted by Crippen LogP contribution is -2.32. The highest BCUT2D eigenvalue weighted by atomic mass is 31.2. The van der Waals surface area contributed by atoms with Crippen molar-refractivity contribution in [3.05, 3.63) is 101 Å². The first-order valence-electron chi connectivity index (χ1n) is 9.73. The molecular weight excluding hydrogens is 413 g/mol. The van der Waals surface area contributed by atoms with Crippen LogP contribution < -0.4 is 21.6 Å². The van der Waals surface area contributed by atoms with E-state index in [1.807, 2.05) is 60.7 Å². The van der Waals surface area contributed by atoms with E-state index in [-0.39, 0.29) is 29.6 Å². The SMILES string of the molecule is O=C(NCCP(=O)(c1ccccc1)c1ccccc1)c1cc2ccc(O)cc2oc1=O. The maximum absolute atomic E-state index is 14.0. The maximum Gasteiger partial charge on any atom is 0.349 e. The largest absolute Gasteiger partial charge is 0.508 e. The zero-order valence-electron chi connectivity index (χ0n) is 16.5. The van der Waals surface area contributed by atoms with E-state index in [9.17, 15) is 19.3 Å². The molecule has 0 saturated heterocycles. The average Bonchev–Trinajstić information content (AvgIpc) is 2.79. The Bertz CT molecular complexity index is 1290. The molecular formula is C24H20NO5P. The van der Waals surface area contributed by atoms with Crippen LogP contribution in [0, 0.1) is 0 Å². The molecule has 1 heterocycles. The maximum atomic E-state index is 14.0. The van der Waals surface area contributed by atoms with Crippen molar-refractivity contribution in [2.75, 3.05) is 12.7 Å². The van der Waals surface area contributed by atoms with Crippen LogP contribution in [0.2, 0.25) is 0 Å². The number of aromatic hydroxyl groups is 1. The lowest BCUT2D eigenvalue weighted by atomic mass is 10.1. The van der Waals surface area contributed by atoms with E-state index in [0.29, 0.717) is 16.0 Å². The number of nitrogens with one attached hydrogen (secondary N) is 1. The van der Waals surface area contributed by atoms with Crippen molar-refractivity contribution in [2.45, 2.75) is 0 Å². The Labute approximate surface area is 178 Å². The fourth-order valence-electron chi connectivity index (χ4n) is 3.43. The zero-order chi connectivity index (χ0) is 21.8. The highest BCUT2D eigenvalue weighted by molar-refractivity contribution is 7.78. The van der Waals surface area contributed by atoms with Gasteiger partial charge in [-0.3, -0.25) is 4.79 Å². The van der Waals surface area contributed by atoms with Crippen LogP contribution in [0.25, 0.3) is 11.0 Å². The minimum atomic E-state index is -2.97. The fourth-order valence-corrected chi connectivity index (χ4v) is 5.97. The van der Waals surface area contributed by atoms with E-state index in [1.54, 1.807) is 6.07 Å². The summed E-state index contributed by atoms with van der Waals surface area (Å²) in [5, 5.41) is 14.1. The van der Waals surface area contributed by atoms with Crippen LogP contribution in [-0.4, -0.2) is 23.7 Å². The van der Waals surface area contributed by atoms with Gasteiger partial charge in [-0.15, -0.1) is 0 Å². The van der Waals surface area contributed by atoms with E-state index in [4.69, 9.17) is 4.42 Å². The Morgan fingerprint density at radius 1 is 0.903 bits per heavy atom. The Balaban J connectivity index is 1.56. The number of benzene rings is 3. The summed E-state index contributed by atoms with van der Waals surface area (Å²) in [5.41, 5.74) is -0.753. The minimum absolute atomic E-state index is 0.0366. The first kappa shape index (κ1) is 20.6. The average molecular weight is 433 g/mol. The topological polar surface area (TPSA) is 96.6 Å². The van der Waals surface area contributed by atoms with Gasteiger partial charge in [-0.1, -0.05) is 60.7 Å². The third-order valence-corrected chi connectivity index (χ3v) is 8.14. The predicted molar refractivity (Wildman–Crippen MR) is 121 cm³/mol. The van der Waals surface area contributed by atoms with Crippen LogP contribution in [0.3, 0.4) is 0 Å². The van der Waals surface area contributed by atoms with Gasteiger partial charge in [0.2, 0.25) is 0 Å². The quantitative estimate of drug-likeness (QED) is 0.360. The molecule has 0 aliphatic heterocycles. The summed E-state index contributed by atoms with van der Waals surface area (Å²) in [6, 6.07) is 24.1. The van der Waals surface area contributed by atoms with Gasteiger partial charge >= 0.3 is 5.63 Å². The number of phenolic OH excluding ortho intramolecular Hbond substituents is 1. The number of carbonyl (C=O) groups is 1. The summed E-state index contributed by atoms with van der Waals surface area (Å²) in [5.74, 6) is -0.637. The van der Waals surface area contributed by atoms with Crippen LogP contribution >= 0.6 is 7.14 Å². The number of hydrogen-bond acceptors (Lipinski definition) is 5. The van der Waals surface area contributed by atoms with E-state index in [0.717, 1.165) is 0 Å².